The maximum Gasteiger partial charge on any atom is 0.250 e. The minimum Gasteiger partial charge on any atom is -0.399 e. The van der Waals surface area contributed by atoms with E-state index in [4.69, 9.17) is 28.9 Å². The predicted octanol–water partition coefficient (Wildman–Crippen LogP) is 5.35. The highest BCUT2D eigenvalue weighted by atomic mass is 35.5. The number of anilines is 2. The molecule has 126 valence electrons. The number of nitrogens with two attached hydrogens (primary N) is 1. The molecule has 0 aliphatic rings. The zero-order valence-corrected chi connectivity index (χ0v) is 15.2. The van der Waals surface area contributed by atoms with E-state index in [9.17, 15) is 4.79 Å². The Morgan fingerprint density at radius 2 is 1.92 bits per heavy atom. The van der Waals surface area contributed by atoms with Crippen LogP contribution in [0.2, 0.25) is 10.0 Å². The smallest absolute Gasteiger partial charge is 0.250 e. The van der Waals surface area contributed by atoms with Gasteiger partial charge in [-0.15, -0.1) is 11.3 Å². The summed E-state index contributed by atoms with van der Waals surface area (Å²) in [5, 5.41) is 6.13. The van der Waals surface area contributed by atoms with Crippen molar-refractivity contribution in [2.75, 3.05) is 11.1 Å². The molecule has 7 heteroatoms. The monoisotopic (exact) mass is 389 g/mol. The molecule has 0 unspecified atom stereocenters. The molecule has 0 spiro atoms. The Hall–Kier alpha value is -2.34. The standard InChI is InChI=1S/C18H13Cl2N3OS/c19-12-4-7-14(15(20)9-12)16-10-25-18(22-16)23-17(24)8-3-11-1-5-13(21)6-2-11/h1-10H,21H2,(H,22,23,24)/b8-3+. The number of carbonyl (C=O) groups excluding carboxylic acids is 1. The number of aromatic nitrogens is 1. The number of carbonyl (C=O) groups is 1. The lowest BCUT2D eigenvalue weighted by atomic mass is 10.2. The van der Waals surface area contributed by atoms with Gasteiger partial charge in [0, 0.05) is 27.7 Å². The summed E-state index contributed by atoms with van der Waals surface area (Å²) in [6.45, 7) is 0. The van der Waals surface area contributed by atoms with Gasteiger partial charge in [-0.2, -0.15) is 0 Å². The second-order valence-corrected chi connectivity index (χ2v) is 6.85. The maximum absolute atomic E-state index is 12.0. The van der Waals surface area contributed by atoms with Gasteiger partial charge in [0.1, 0.15) is 0 Å². The molecule has 1 aromatic heterocycles. The number of halogens is 2. The summed E-state index contributed by atoms with van der Waals surface area (Å²) >= 11 is 13.4. The highest BCUT2D eigenvalue weighted by molar-refractivity contribution is 7.14. The van der Waals surface area contributed by atoms with Crippen molar-refractivity contribution in [2.45, 2.75) is 0 Å². The van der Waals surface area contributed by atoms with E-state index in [1.165, 1.54) is 17.4 Å². The summed E-state index contributed by atoms with van der Waals surface area (Å²) in [4.78, 5) is 16.4. The summed E-state index contributed by atoms with van der Waals surface area (Å²) in [6, 6.07) is 12.4. The molecule has 4 nitrogen and oxygen atoms in total. The largest absolute Gasteiger partial charge is 0.399 e. The van der Waals surface area contributed by atoms with Crippen LogP contribution in [0.1, 0.15) is 5.56 Å². The van der Waals surface area contributed by atoms with Gasteiger partial charge in [0.05, 0.1) is 10.7 Å². The van der Waals surface area contributed by atoms with Crippen LogP contribution in [-0.4, -0.2) is 10.9 Å². The topological polar surface area (TPSA) is 68.0 Å². The molecular weight excluding hydrogens is 377 g/mol. The fourth-order valence-electron chi connectivity index (χ4n) is 2.08. The van der Waals surface area contributed by atoms with Gasteiger partial charge in [-0.3, -0.25) is 10.1 Å². The summed E-state index contributed by atoms with van der Waals surface area (Å²) in [6.07, 6.45) is 3.15. The fraction of sp³-hybridized carbons (Fsp3) is 0. The molecule has 1 heterocycles. The lowest BCUT2D eigenvalue weighted by Crippen LogP contribution is -2.07. The molecule has 0 bridgehead atoms. The number of hydrogen-bond donors (Lipinski definition) is 2. The number of nitrogen functional groups attached to an aromatic ring is 1. The van der Waals surface area contributed by atoms with Crippen LogP contribution in [0, 0.1) is 0 Å². The van der Waals surface area contributed by atoms with Gasteiger partial charge in [0.25, 0.3) is 0 Å². The van der Waals surface area contributed by atoms with Gasteiger partial charge in [0.2, 0.25) is 5.91 Å². The Labute approximate surface area is 158 Å². The Balaban J connectivity index is 1.68. The first-order valence-corrected chi connectivity index (χ1v) is 8.90. The highest BCUT2D eigenvalue weighted by Gasteiger charge is 2.10. The average molecular weight is 390 g/mol. The van der Waals surface area contributed by atoms with Gasteiger partial charge >= 0.3 is 0 Å². The second-order valence-electron chi connectivity index (χ2n) is 5.15. The lowest BCUT2D eigenvalue weighted by Gasteiger charge is -2.01. The van der Waals surface area contributed by atoms with E-state index in [1.807, 2.05) is 17.5 Å². The normalized spacial score (nSPS) is 11.0. The van der Waals surface area contributed by atoms with Crippen LogP contribution in [-0.2, 0) is 4.79 Å². The van der Waals surface area contributed by atoms with E-state index in [0.29, 0.717) is 26.6 Å². The minimum atomic E-state index is -0.264. The molecule has 3 rings (SSSR count). The Bertz CT molecular complexity index is 936. The molecule has 25 heavy (non-hydrogen) atoms. The second kappa shape index (κ2) is 7.70. The summed E-state index contributed by atoms with van der Waals surface area (Å²) < 4.78 is 0. The summed E-state index contributed by atoms with van der Waals surface area (Å²) in [5.74, 6) is -0.264. The van der Waals surface area contributed by atoms with Crippen molar-refractivity contribution in [3.63, 3.8) is 0 Å². The molecule has 0 saturated carbocycles. The van der Waals surface area contributed by atoms with Crippen LogP contribution in [0.3, 0.4) is 0 Å². The van der Waals surface area contributed by atoms with E-state index in [0.717, 1.165) is 11.1 Å². The molecule has 0 radical (unpaired) electrons. The molecule has 1 amide bonds. The van der Waals surface area contributed by atoms with Crippen LogP contribution >= 0.6 is 34.5 Å². The van der Waals surface area contributed by atoms with Gasteiger partial charge < -0.3 is 5.73 Å². The molecule has 0 atom stereocenters. The third-order valence-corrected chi connectivity index (χ3v) is 4.61. The van der Waals surface area contributed by atoms with Crippen LogP contribution in [0.4, 0.5) is 10.8 Å². The van der Waals surface area contributed by atoms with Gasteiger partial charge in [-0.25, -0.2) is 4.98 Å². The Morgan fingerprint density at radius 3 is 2.64 bits per heavy atom. The Kier molecular flexibility index (Phi) is 5.38. The van der Waals surface area contributed by atoms with Crippen molar-refractivity contribution in [1.29, 1.82) is 0 Å². The van der Waals surface area contributed by atoms with Gasteiger partial charge in [-0.1, -0.05) is 35.3 Å². The number of hydrogen-bond acceptors (Lipinski definition) is 4. The van der Waals surface area contributed by atoms with Crippen molar-refractivity contribution < 1.29 is 4.79 Å². The minimum absolute atomic E-state index is 0.264. The summed E-state index contributed by atoms with van der Waals surface area (Å²) in [5.41, 5.74) is 8.64. The first-order chi connectivity index (χ1) is 12.0. The van der Waals surface area contributed by atoms with Crippen molar-refractivity contribution in [2.24, 2.45) is 0 Å². The Morgan fingerprint density at radius 1 is 1.16 bits per heavy atom. The van der Waals surface area contributed by atoms with E-state index >= 15 is 0 Å². The third kappa shape index (κ3) is 4.60. The third-order valence-electron chi connectivity index (χ3n) is 3.31. The maximum atomic E-state index is 12.0. The molecule has 0 aliphatic carbocycles. The molecule has 0 saturated heterocycles. The number of nitrogens with one attached hydrogen (secondary N) is 1. The van der Waals surface area contributed by atoms with E-state index in [1.54, 1.807) is 36.4 Å². The zero-order chi connectivity index (χ0) is 17.8. The number of rotatable bonds is 4. The zero-order valence-electron chi connectivity index (χ0n) is 12.9. The van der Waals surface area contributed by atoms with Crippen LogP contribution in [0.5, 0.6) is 0 Å². The van der Waals surface area contributed by atoms with Crippen molar-refractivity contribution >= 4 is 57.3 Å². The van der Waals surface area contributed by atoms with Gasteiger partial charge in [-0.05, 0) is 42.0 Å². The fourth-order valence-corrected chi connectivity index (χ4v) is 3.30. The van der Waals surface area contributed by atoms with Gasteiger partial charge in [0.15, 0.2) is 5.13 Å². The predicted molar refractivity (Wildman–Crippen MR) is 106 cm³/mol. The van der Waals surface area contributed by atoms with Crippen LogP contribution < -0.4 is 11.1 Å². The molecule has 2 aromatic carbocycles. The summed E-state index contributed by atoms with van der Waals surface area (Å²) in [7, 11) is 0. The van der Waals surface area contributed by atoms with E-state index < -0.39 is 0 Å². The van der Waals surface area contributed by atoms with E-state index in [-0.39, 0.29) is 5.91 Å². The SMILES string of the molecule is Nc1ccc(/C=C/C(=O)Nc2nc(-c3ccc(Cl)cc3Cl)cs2)cc1. The number of nitrogens with zero attached hydrogens (tertiary/aromatic N) is 1. The quantitative estimate of drug-likeness (QED) is 0.466. The first-order valence-electron chi connectivity index (χ1n) is 7.27. The molecule has 0 fully saturated rings. The lowest BCUT2D eigenvalue weighted by molar-refractivity contribution is -0.111. The van der Waals surface area contributed by atoms with Crippen molar-refractivity contribution in [1.82, 2.24) is 4.98 Å². The molecule has 0 aliphatic heterocycles. The average Bonchev–Trinajstić information content (AvgIpc) is 3.02. The molecular formula is C18H13Cl2N3OS. The number of amides is 1. The van der Waals surface area contributed by atoms with Crippen molar-refractivity contribution in [3.05, 3.63) is 69.5 Å². The number of benzene rings is 2. The van der Waals surface area contributed by atoms with E-state index in [2.05, 4.69) is 10.3 Å². The van der Waals surface area contributed by atoms with Crippen LogP contribution in [0.25, 0.3) is 17.3 Å². The first kappa shape index (κ1) is 17.5. The highest BCUT2D eigenvalue weighted by Crippen LogP contribution is 2.32. The van der Waals surface area contributed by atoms with Crippen LogP contribution in [0.15, 0.2) is 53.9 Å². The molecule has 3 N–H and O–H groups in total. The molecule has 3 aromatic rings. The van der Waals surface area contributed by atoms with Crippen molar-refractivity contribution in [3.8, 4) is 11.3 Å². The number of thiazole rings is 1.